The Bertz CT molecular complexity index is 432. The molecule has 0 bridgehead atoms. The highest BCUT2D eigenvalue weighted by atomic mass is 35.5. The molecule has 0 atom stereocenters. The van der Waals surface area contributed by atoms with Gasteiger partial charge in [0.1, 0.15) is 11.3 Å². The van der Waals surface area contributed by atoms with E-state index in [4.69, 9.17) is 27.9 Å². The molecular formula is C10H13Cl2N3O2. The molecule has 0 aromatic carbocycles. The number of hydrogen-bond donors (Lipinski definition) is 0. The summed E-state index contributed by atoms with van der Waals surface area (Å²) in [6.07, 6.45) is 0.826. The van der Waals surface area contributed by atoms with Crippen molar-refractivity contribution in [2.24, 2.45) is 0 Å². The first kappa shape index (κ1) is 14.0. The average Bonchev–Trinajstić information content (AvgIpc) is 2.14. The number of halogens is 2. The Kier molecular flexibility index (Phi) is 4.16. The second-order valence-corrected chi connectivity index (χ2v) is 5.05. The van der Waals surface area contributed by atoms with Gasteiger partial charge in [-0.2, -0.15) is 0 Å². The number of carbonyl (C=O) groups is 1. The molecule has 0 spiro atoms. The van der Waals surface area contributed by atoms with Crippen molar-refractivity contribution in [1.29, 1.82) is 0 Å². The first-order valence-corrected chi connectivity index (χ1v) is 5.61. The number of amides is 1. The van der Waals surface area contributed by atoms with E-state index in [-0.39, 0.29) is 10.4 Å². The molecule has 0 fully saturated rings. The van der Waals surface area contributed by atoms with Crippen LogP contribution in [0.3, 0.4) is 0 Å². The van der Waals surface area contributed by atoms with Crippen LogP contribution in [0.2, 0.25) is 10.4 Å². The van der Waals surface area contributed by atoms with Gasteiger partial charge < -0.3 is 4.74 Å². The van der Waals surface area contributed by atoms with Crippen LogP contribution in [0.5, 0.6) is 0 Å². The van der Waals surface area contributed by atoms with Crippen molar-refractivity contribution in [2.45, 2.75) is 26.4 Å². The normalized spacial score (nSPS) is 11.2. The largest absolute Gasteiger partial charge is 0.443 e. The number of carbonyl (C=O) groups excluding carboxylic acids is 1. The van der Waals surface area contributed by atoms with Crippen LogP contribution in [0.15, 0.2) is 6.20 Å². The molecule has 5 nitrogen and oxygen atoms in total. The second kappa shape index (κ2) is 5.06. The topological polar surface area (TPSA) is 55.3 Å². The van der Waals surface area contributed by atoms with Gasteiger partial charge in [0.25, 0.3) is 0 Å². The minimum absolute atomic E-state index is 0.0244. The van der Waals surface area contributed by atoms with E-state index < -0.39 is 11.7 Å². The zero-order valence-corrected chi connectivity index (χ0v) is 11.5. The number of rotatable bonds is 1. The summed E-state index contributed by atoms with van der Waals surface area (Å²) in [6, 6.07) is 0. The Morgan fingerprint density at radius 1 is 1.41 bits per heavy atom. The van der Waals surface area contributed by atoms with Crippen LogP contribution >= 0.6 is 23.2 Å². The maximum Gasteiger partial charge on any atom is 0.414 e. The number of nitrogens with zero attached hydrogens (tertiary/aromatic N) is 3. The summed E-state index contributed by atoms with van der Waals surface area (Å²) in [5.41, 5.74) is -0.240. The fraction of sp³-hybridized carbons (Fsp3) is 0.500. The van der Waals surface area contributed by atoms with Gasteiger partial charge in [-0.15, -0.1) is 0 Å². The maximum absolute atomic E-state index is 11.8. The van der Waals surface area contributed by atoms with E-state index in [2.05, 4.69) is 9.97 Å². The summed E-state index contributed by atoms with van der Waals surface area (Å²) in [4.78, 5) is 20.5. The zero-order valence-electron chi connectivity index (χ0n) is 9.99. The lowest BCUT2D eigenvalue weighted by Gasteiger charge is -2.24. The predicted octanol–water partition coefficient (Wildman–Crippen LogP) is 3.15. The standard InChI is InChI=1S/C10H13Cl2N3O2/c1-10(2,3)17-9(16)15(4)6-5-13-8(12)14-7(6)11/h5H,1-4H3. The van der Waals surface area contributed by atoms with Crippen molar-refractivity contribution >= 4 is 35.0 Å². The third kappa shape index (κ3) is 4.02. The minimum atomic E-state index is -0.578. The number of anilines is 1. The summed E-state index contributed by atoms with van der Waals surface area (Å²) in [5, 5.41) is 0.120. The Hall–Kier alpha value is -1.07. The lowest BCUT2D eigenvalue weighted by molar-refractivity contribution is 0.0589. The number of hydrogen-bond acceptors (Lipinski definition) is 4. The number of ether oxygens (including phenoxy) is 1. The molecule has 0 radical (unpaired) electrons. The van der Waals surface area contributed by atoms with Gasteiger partial charge in [0.2, 0.25) is 5.28 Å². The van der Waals surface area contributed by atoms with E-state index in [9.17, 15) is 4.79 Å². The average molecular weight is 278 g/mol. The van der Waals surface area contributed by atoms with Crippen LogP contribution in [0.25, 0.3) is 0 Å². The van der Waals surface area contributed by atoms with Crippen molar-refractivity contribution in [1.82, 2.24) is 9.97 Å². The molecule has 94 valence electrons. The lowest BCUT2D eigenvalue weighted by atomic mass is 10.2. The Morgan fingerprint density at radius 3 is 2.47 bits per heavy atom. The van der Waals surface area contributed by atoms with Gasteiger partial charge in [-0.05, 0) is 32.4 Å². The highest BCUT2D eigenvalue weighted by Gasteiger charge is 2.22. The van der Waals surface area contributed by atoms with Crippen molar-refractivity contribution in [2.75, 3.05) is 11.9 Å². The quantitative estimate of drug-likeness (QED) is 0.585. The Balaban J connectivity index is 2.89. The lowest BCUT2D eigenvalue weighted by Crippen LogP contribution is -2.34. The SMILES string of the molecule is CN(C(=O)OC(C)(C)C)c1cnc(Cl)nc1Cl. The minimum Gasteiger partial charge on any atom is -0.443 e. The molecule has 7 heteroatoms. The Labute approximate surface area is 110 Å². The highest BCUT2D eigenvalue weighted by molar-refractivity contribution is 6.34. The Morgan fingerprint density at radius 2 is 2.00 bits per heavy atom. The predicted molar refractivity (Wildman–Crippen MR) is 66.7 cm³/mol. The molecule has 0 unspecified atom stereocenters. The molecule has 1 aromatic heterocycles. The third-order valence-corrected chi connectivity index (χ3v) is 2.18. The van der Waals surface area contributed by atoms with Gasteiger partial charge >= 0.3 is 6.09 Å². The van der Waals surface area contributed by atoms with Crippen LogP contribution in [0.4, 0.5) is 10.5 Å². The molecule has 1 rings (SSSR count). The summed E-state index contributed by atoms with van der Waals surface area (Å²) >= 11 is 11.4. The molecule has 0 aliphatic rings. The summed E-state index contributed by atoms with van der Waals surface area (Å²) in [7, 11) is 1.52. The fourth-order valence-corrected chi connectivity index (χ4v) is 1.42. The van der Waals surface area contributed by atoms with E-state index in [1.54, 1.807) is 20.8 Å². The molecule has 0 saturated carbocycles. The first-order valence-electron chi connectivity index (χ1n) is 4.85. The van der Waals surface area contributed by atoms with E-state index in [0.29, 0.717) is 5.69 Å². The van der Waals surface area contributed by atoms with E-state index >= 15 is 0 Å². The maximum atomic E-state index is 11.8. The second-order valence-electron chi connectivity index (χ2n) is 4.35. The van der Waals surface area contributed by atoms with Gasteiger partial charge in [0, 0.05) is 7.05 Å². The molecule has 0 saturated heterocycles. The summed E-state index contributed by atoms with van der Waals surface area (Å²) < 4.78 is 5.18. The molecule has 1 aromatic rings. The molecule has 0 aliphatic carbocycles. The van der Waals surface area contributed by atoms with Crippen LogP contribution in [0.1, 0.15) is 20.8 Å². The molecule has 1 heterocycles. The first-order chi connectivity index (χ1) is 7.70. The molecule has 1 amide bonds. The van der Waals surface area contributed by atoms with E-state index in [0.717, 1.165) is 0 Å². The van der Waals surface area contributed by atoms with Gasteiger partial charge in [0.05, 0.1) is 6.20 Å². The van der Waals surface area contributed by atoms with Crippen molar-refractivity contribution in [3.63, 3.8) is 0 Å². The van der Waals surface area contributed by atoms with Crippen molar-refractivity contribution in [3.05, 3.63) is 16.6 Å². The zero-order chi connectivity index (χ0) is 13.2. The monoisotopic (exact) mass is 277 g/mol. The molecule has 0 N–H and O–H groups in total. The third-order valence-electron chi connectivity index (χ3n) is 1.72. The van der Waals surface area contributed by atoms with Crippen LogP contribution in [-0.4, -0.2) is 28.7 Å². The smallest absolute Gasteiger partial charge is 0.414 e. The van der Waals surface area contributed by atoms with E-state index in [1.165, 1.54) is 18.1 Å². The molecule has 17 heavy (non-hydrogen) atoms. The van der Waals surface area contributed by atoms with Gasteiger partial charge in [-0.25, -0.2) is 14.8 Å². The van der Waals surface area contributed by atoms with Gasteiger partial charge in [-0.1, -0.05) is 11.6 Å². The van der Waals surface area contributed by atoms with Crippen molar-refractivity contribution < 1.29 is 9.53 Å². The van der Waals surface area contributed by atoms with Gasteiger partial charge in [0.15, 0.2) is 5.15 Å². The van der Waals surface area contributed by atoms with E-state index in [1.807, 2.05) is 0 Å². The highest BCUT2D eigenvalue weighted by Crippen LogP contribution is 2.24. The fourth-order valence-electron chi connectivity index (χ4n) is 0.989. The van der Waals surface area contributed by atoms with Crippen LogP contribution < -0.4 is 4.90 Å². The van der Waals surface area contributed by atoms with Crippen LogP contribution in [-0.2, 0) is 4.74 Å². The number of aromatic nitrogens is 2. The van der Waals surface area contributed by atoms with Crippen molar-refractivity contribution in [3.8, 4) is 0 Å². The molecular weight excluding hydrogens is 265 g/mol. The van der Waals surface area contributed by atoms with Crippen LogP contribution in [0, 0.1) is 0 Å². The molecule has 0 aliphatic heterocycles. The summed E-state index contributed by atoms with van der Waals surface area (Å²) in [6.45, 7) is 5.33. The van der Waals surface area contributed by atoms with Gasteiger partial charge in [-0.3, -0.25) is 4.90 Å². The summed E-state index contributed by atoms with van der Waals surface area (Å²) in [5.74, 6) is 0.